The smallest absolute Gasteiger partial charge is 0.309 e. The third-order valence-electron chi connectivity index (χ3n) is 5.14. The lowest BCUT2D eigenvalue weighted by Crippen LogP contribution is -2.28. The van der Waals surface area contributed by atoms with Gasteiger partial charge in [0.25, 0.3) is 0 Å². The Morgan fingerprint density at radius 2 is 1.50 bits per heavy atom. The molecule has 24 heavy (non-hydrogen) atoms. The molecule has 1 rings (SSSR count). The average molecular weight is 339 g/mol. The van der Waals surface area contributed by atoms with Crippen LogP contribution in [-0.2, 0) is 9.53 Å². The number of ether oxygens (including phenoxy) is 1. The minimum Gasteiger partial charge on any atom is -0.481 e. The Morgan fingerprint density at radius 1 is 1.00 bits per heavy atom. The summed E-state index contributed by atoms with van der Waals surface area (Å²) < 4.78 is 5.30. The van der Waals surface area contributed by atoms with Crippen molar-refractivity contribution < 1.29 is 14.6 Å². The quantitative estimate of drug-likeness (QED) is 0.209. The number of carbonyl (C=O) groups is 1. The Balaban J connectivity index is 1.88. The van der Waals surface area contributed by atoms with E-state index in [0.29, 0.717) is 6.61 Å². The fourth-order valence-electron chi connectivity index (χ4n) is 3.25. The second kappa shape index (κ2) is 12.5. The van der Waals surface area contributed by atoms with Gasteiger partial charge in [0.2, 0.25) is 0 Å². The molecule has 2 atom stereocenters. The third kappa shape index (κ3) is 9.46. The molecule has 0 radical (unpaired) electrons. The lowest BCUT2D eigenvalue weighted by Gasteiger charge is -2.15. The van der Waals surface area contributed by atoms with Gasteiger partial charge < -0.3 is 9.84 Å². The first-order chi connectivity index (χ1) is 11.6. The first-order valence-corrected chi connectivity index (χ1v) is 10.1. The van der Waals surface area contributed by atoms with E-state index >= 15 is 0 Å². The monoisotopic (exact) mass is 338 g/mol. The molecule has 0 amide bonds. The minimum absolute atomic E-state index is 0.324. The summed E-state index contributed by atoms with van der Waals surface area (Å²) in [7, 11) is 0. The summed E-state index contributed by atoms with van der Waals surface area (Å²) in [4.78, 5) is 11.3. The van der Waals surface area contributed by atoms with Crippen LogP contribution in [0.5, 0.6) is 0 Å². The summed E-state index contributed by atoms with van der Waals surface area (Å²) in [5.41, 5.74) is -0.384. The first-order valence-electron chi connectivity index (χ1n) is 10.1. The summed E-state index contributed by atoms with van der Waals surface area (Å²) in [6.07, 6.45) is 20.6. The number of epoxide rings is 1. The van der Waals surface area contributed by atoms with Crippen molar-refractivity contribution in [3.8, 4) is 0 Å². The molecule has 1 aliphatic heterocycles. The molecule has 0 aromatic heterocycles. The van der Waals surface area contributed by atoms with Crippen molar-refractivity contribution in [3.63, 3.8) is 0 Å². The highest BCUT2D eigenvalue weighted by Crippen LogP contribution is 2.37. The van der Waals surface area contributed by atoms with Gasteiger partial charge in [0.05, 0.1) is 12.5 Å². The predicted molar refractivity (Wildman–Crippen MR) is 100 cm³/mol. The van der Waals surface area contributed by atoms with Gasteiger partial charge in [-0.15, -0.1) is 0 Å². The van der Waals surface area contributed by atoms with Crippen LogP contribution in [0, 0.1) is 5.92 Å². The highest BCUT2D eigenvalue weighted by molar-refractivity contribution is 5.72. The normalized spacial score (nSPS) is 21.2. The van der Waals surface area contributed by atoms with Crippen LogP contribution in [0.4, 0.5) is 0 Å². The van der Waals surface area contributed by atoms with Crippen LogP contribution in [0.2, 0.25) is 0 Å². The predicted octanol–water partition coefficient (Wildman–Crippen LogP) is 6.12. The Bertz CT molecular complexity index is 358. The summed E-state index contributed by atoms with van der Waals surface area (Å²) in [5.74, 6) is -1.03. The SMILES string of the molecule is CCCCCCCC/C=C\CCCCCCC(C(=O)O)C1(C)CO1. The highest BCUT2D eigenvalue weighted by Gasteiger charge is 2.50. The number of unbranched alkanes of at least 4 members (excludes halogenated alkanes) is 10. The van der Waals surface area contributed by atoms with Crippen LogP contribution in [0.3, 0.4) is 0 Å². The second-order valence-electron chi connectivity index (χ2n) is 7.51. The Hall–Kier alpha value is -0.830. The molecule has 3 heteroatoms. The molecule has 1 heterocycles. The Morgan fingerprint density at radius 3 is 2.00 bits per heavy atom. The van der Waals surface area contributed by atoms with Crippen LogP contribution in [0.1, 0.15) is 97.3 Å². The van der Waals surface area contributed by atoms with Crippen molar-refractivity contribution in [2.75, 3.05) is 6.61 Å². The molecule has 1 saturated heterocycles. The van der Waals surface area contributed by atoms with E-state index in [1.165, 1.54) is 64.2 Å². The molecule has 1 fully saturated rings. The summed E-state index contributed by atoms with van der Waals surface area (Å²) >= 11 is 0. The summed E-state index contributed by atoms with van der Waals surface area (Å²) in [6, 6.07) is 0. The molecule has 3 nitrogen and oxygen atoms in total. The van der Waals surface area contributed by atoms with Crippen LogP contribution < -0.4 is 0 Å². The van der Waals surface area contributed by atoms with E-state index in [1.54, 1.807) is 0 Å². The maximum atomic E-state index is 11.3. The largest absolute Gasteiger partial charge is 0.481 e. The van der Waals surface area contributed by atoms with Crippen LogP contribution in [0.15, 0.2) is 12.2 Å². The number of allylic oxidation sites excluding steroid dienone is 2. The molecule has 0 bridgehead atoms. The lowest BCUT2D eigenvalue weighted by molar-refractivity contribution is -0.144. The lowest BCUT2D eigenvalue weighted by atomic mass is 9.89. The van der Waals surface area contributed by atoms with Gasteiger partial charge in [0, 0.05) is 0 Å². The first kappa shape index (κ1) is 21.2. The van der Waals surface area contributed by atoms with E-state index in [-0.39, 0.29) is 11.5 Å². The van der Waals surface area contributed by atoms with E-state index < -0.39 is 5.97 Å². The van der Waals surface area contributed by atoms with E-state index in [9.17, 15) is 9.90 Å². The highest BCUT2D eigenvalue weighted by atomic mass is 16.6. The molecule has 0 aliphatic carbocycles. The molecule has 1 N–H and O–H groups in total. The van der Waals surface area contributed by atoms with Gasteiger partial charge >= 0.3 is 5.97 Å². The molecule has 1 aliphatic rings. The standard InChI is InChI=1S/C21H38O3/c1-3-4-5-6-7-8-9-10-11-12-13-14-15-16-17-19(20(22)23)21(2)18-24-21/h10-11,19H,3-9,12-18H2,1-2H3,(H,22,23)/b11-10-. The van der Waals surface area contributed by atoms with Crippen molar-refractivity contribution in [3.05, 3.63) is 12.2 Å². The zero-order valence-corrected chi connectivity index (χ0v) is 15.9. The molecule has 0 saturated carbocycles. The fraction of sp³-hybridized carbons (Fsp3) is 0.857. The zero-order valence-electron chi connectivity index (χ0n) is 15.9. The van der Waals surface area contributed by atoms with Crippen LogP contribution in [-0.4, -0.2) is 23.3 Å². The molecule has 0 aromatic rings. The second-order valence-corrected chi connectivity index (χ2v) is 7.51. The van der Waals surface area contributed by atoms with Gasteiger partial charge in [-0.2, -0.15) is 0 Å². The number of carboxylic acids is 1. The topological polar surface area (TPSA) is 49.8 Å². The van der Waals surface area contributed by atoms with Crippen molar-refractivity contribution in [2.45, 2.75) is 103 Å². The molecular formula is C21H38O3. The van der Waals surface area contributed by atoms with Crippen LogP contribution in [0.25, 0.3) is 0 Å². The van der Waals surface area contributed by atoms with Gasteiger partial charge in [-0.3, -0.25) is 4.79 Å². The van der Waals surface area contributed by atoms with E-state index in [2.05, 4.69) is 19.1 Å². The fourth-order valence-corrected chi connectivity index (χ4v) is 3.25. The maximum absolute atomic E-state index is 11.3. The van der Waals surface area contributed by atoms with Crippen molar-refractivity contribution in [2.24, 2.45) is 5.92 Å². The number of carboxylic acid groups (broad SMARTS) is 1. The summed E-state index contributed by atoms with van der Waals surface area (Å²) in [5, 5.41) is 9.26. The number of rotatable bonds is 16. The number of aliphatic carboxylic acids is 1. The van der Waals surface area contributed by atoms with Crippen molar-refractivity contribution in [1.29, 1.82) is 0 Å². The Labute approximate surface area is 148 Å². The van der Waals surface area contributed by atoms with E-state index in [1.807, 2.05) is 6.92 Å². The van der Waals surface area contributed by atoms with E-state index in [0.717, 1.165) is 19.3 Å². The molecule has 0 spiro atoms. The van der Waals surface area contributed by atoms with Crippen molar-refractivity contribution >= 4 is 5.97 Å². The Kier molecular flexibility index (Phi) is 11.1. The molecular weight excluding hydrogens is 300 g/mol. The minimum atomic E-state index is -0.701. The average Bonchev–Trinajstić information content (AvgIpc) is 3.29. The third-order valence-corrected chi connectivity index (χ3v) is 5.14. The van der Waals surface area contributed by atoms with E-state index in [4.69, 9.17) is 4.74 Å². The summed E-state index contributed by atoms with van der Waals surface area (Å²) in [6.45, 7) is 4.78. The number of hydrogen-bond donors (Lipinski definition) is 1. The van der Waals surface area contributed by atoms with Gasteiger partial charge in [0.15, 0.2) is 0 Å². The molecule has 2 unspecified atom stereocenters. The molecule has 0 aromatic carbocycles. The number of hydrogen-bond acceptors (Lipinski definition) is 2. The van der Waals surface area contributed by atoms with Crippen LogP contribution >= 0.6 is 0 Å². The maximum Gasteiger partial charge on any atom is 0.309 e. The molecule has 140 valence electrons. The van der Waals surface area contributed by atoms with Gasteiger partial charge in [0.1, 0.15) is 5.60 Å². The van der Waals surface area contributed by atoms with Gasteiger partial charge in [-0.05, 0) is 39.0 Å². The van der Waals surface area contributed by atoms with Crippen molar-refractivity contribution in [1.82, 2.24) is 0 Å². The van der Waals surface area contributed by atoms with Gasteiger partial charge in [-0.1, -0.05) is 70.4 Å². The van der Waals surface area contributed by atoms with Gasteiger partial charge in [-0.25, -0.2) is 0 Å². The zero-order chi connectivity index (χ0) is 17.7.